The summed E-state index contributed by atoms with van der Waals surface area (Å²) < 4.78 is 18.2. The minimum Gasteiger partial charge on any atom is -0.497 e. The topological polar surface area (TPSA) is 41.6 Å². The lowest BCUT2D eigenvalue weighted by atomic mass is 10.1. The van der Waals surface area contributed by atoms with Crippen LogP contribution in [0.3, 0.4) is 0 Å². The third kappa shape index (κ3) is 4.79. The average molecular weight is 342 g/mol. The molecule has 1 fully saturated rings. The predicted octanol–water partition coefficient (Wildman–Crippen LogP) is 2.77. The Morgan fingerprint density at radius 3 is 2.76 bits per heavy atom. The van der Waals surface area contributed by atoms with E-state index in [2.05, 4.69) is 5.32 Å². The number of ether oxygens (including phenoxy) is 1. The number of likely N-dealkylation sites (tertiary alicyclic amines) is 1. The molecule has 1 aliphatic rings. The zero-order valence-corrected chi connectivity index (χ0v) is 14.4. The van der Waals surface area contributed by atoms with Crippen LogP contribution >= 0.6 is 0 Å². The lowest BCUT2D eigenvalue weighted by Gasteiger charge is -2.17. The molecule has 5 heteroatoms. The van der Waals surface area contributed by atoms with Crippen LogP contribution in [0.2, 0.25) is 0 Å². The normalized spacial score (nSPS) is 17.1. The number of nitrogens with zero attached hydrogens (tertiary/aromatic N) is 1. The van der Waals surface area contributed by atoms with Crippen LogP contribution in [-0.4, -0.2) is 37.0 Å². The largest absolute Gasteiger partial charge is 0.497 e. The maximum absolute atomic E-state index is 12.9. The molecule has 1 aliphatic heterocycles. The zero-order chi connectivity index (χ0) is 17.6. The number of halogens is 1. The SMILES string of the molecule is COc1cccc(CN[C@@H]2CC(=O)N(CCc3ccc(F)cc3)C2)c1. The Labute approximate surface area is 147 Å². The van der Waals surface area contributed by atoms with Crippen molar-refractivity contribution in [2.75, 3.05) is 20.2 Å². The van der Waals surface area contributed by atoms with Crippen molar-refractivity contribution in [1.29, 1.82) is 0 Å². The molecule has 2 aromatic carbocycles. The Morgan fingerprint density at radius 2 is 2.00 bits per heavy atom. The van der Waals surface area contributed by atoms with Crippen molar-refractivity contribution in [2.24, 2.45) is 0 Å². The van der Waals surface area contributed by atoms with Crippen LogP contribution in [0.15, 0.2) is 48.5 Å². The zero-order valence-electron chi connectivity index (χ0n) is 14.4. The fourth-order valence-electron chi connectivity index (χ4n) is 3.08. The molecule has 0 saturated carbocycles. The minimum absolute atomic E-state index is 0.159. The van der Waals surface area contributed by atoms with Crippen LogP contribution in [0, 0.1) is 5.82 Å². The number of carbonyl (C=O) groups excluding carboxylic acids is 1. The van der Waals surface area contributed by atoms with Crippen LogP contribution in [-0.2, 0) is 17.8 Å². The third-order valence-corrected chi connectivity index (χ3v) is 4.53. The molecule has 1 saturated heterocycles. The van der Waals surface area contributed by atoms with Gasteiger partial charge in [-0.3, -0.25) is 4.79 Å². The van der Waals surface area contributed by atoms with Crippen LogP contribution in [0.4, 0.5) is 4.39 Å². The monoisotopic (exact) mass is 342 g/mol. The standard InChI is InChI=1S/C20H23FN2O2/c1-25-19-4-2-3-16(11-19)13-22-18-12-20(24)23(14-18)10-9-15-5-7-17(21)8-6-15/h2-8,11,18,22H,9-10,12-14H2,1H3/t18-/m1/s1. The summed E-state index contributed by atoms with van der Waals surface area (Å²) in [6.07, 6.45) is 1.27. The first-order chi connectivity index (χ1) is 12.1. The second-order valence-electron chi connectivity index (χ2n) is 6.35. The highest BCUT2D eigenvalue weighted by Gasteiger charge is 2.28. The van der Waals surface area contributed by atoms with E-state index >= 15 is 0 Å². The summed E-state index contributed by atoms with van der Waals surface area (Å²) in [6, 6.07) is 14.5. The van der Waals surface area contributed by atoms with Gasteiger partial charge in [-0.2, -0.15) is 0 Å². The number of hydrogen-bond acceptors (Lipinski definition) is 3. The lowest BCUT2D eigenvalue weighted by Crippen LogP contribution is -2.33. The van der Waals surface area contributed by atoms with Crippen molar-refractivity contribution >= 4 is 5.91 Å². The van der Waals surface area contributed by atoms with Crippen LogP contribution in [0.5, 0.6) is 5.75 Å². The van der Waals surface area contributed by atoms with Gasteiger partial charge in [-0.1, -0.05) is 24.3 Å². The van der Waals surface area contributed by atoms with E-state index in [0.29, 0.717) is 26.1 Å². The van der Waals surface area contributed by atoms with E-state index in [4.69, 9.17) is 4.74 Å². The molecular weight excluding hydrogens is 319 g/mol. The van der Waals surface area contributed by atoms with Gasteiger partial charge in [0.2, 0.25) is 5.91 Å². The number of benzene rings is 2. The summed E-state index contributed by atoms with van der Waals surface area (Å²) in [5, 5.41) is 3.45. The Bertz CT molecular complexity index is 718. The van der Waals surface area contributed by atoms with Crippen LogP contribution in [0.1, 0.15) is 17.5 Å². The van der Waals surface area contributed by atoms with Crippen molar-refractivity contribution in [3.8, 4) is 5.75 Å². The molecule has 132 valence electrons. The van der Waals surface area contributed by atoms with Crippen molar-refractivity contribution in [1.82, 2.24) is 10.2 Å². The maximum Gasteiger partial charge on any atom is 0.224 e. The van der Waals surface area contributed by atoms with Crippen molar-refractivity contribution in [3.05, 3.63) is 65.5 Å². The van der Waals surface area contributed by atoms with E-state index in [1.54, 1.807) is 19.2 Å². The van der Waals surface area contributed by atoms with Gasteiger partial charge in [0.1, 0.15) is 11.6 Å². The van der Waals surface area contributed by atoms with E-state index in [1.165, 1.54) is 12.1 Å². The predicted molar refractivity (Wildman–Crippen MR) is 94.9 cm³/mol. The fourth-order valence-corrected chi connectivity index (χ4v) is 3.08. The Balaban J connectivity index is 1.47. The molecule has 4 nitrogen and oxygen atoms in total. The van der Waals surface area contributed by atoms with E-state index in [-0.39, 0.29) is 17.8 Å². The second kappa shape index (κ2) is 8.12. The summed E-state index contributed by atoms with van der Waals surface area (Å²) in [5.74, 6) is 0.774. The first kappa shape index (κ1) is 17.4. The number of methoxy groups -OCH3 is 1. The van der Waals surface area contributed by atoms with E-state index in [1.807, 2.05) is 29.2 Å². The summed E-state index contributed by atoms with van der Waals surface area (Å²) in [6.45, 7) is 2.09. The minimum atomic E-state index is -0.234. The first-order valence-corrected chi connectivity index (χ1v) is 8.52. The van der Waals surface area contributed by atoms with Gasteiger partial charge >= 0.3 is 0 Å². The molecule has 25 heavy (non-hydrogen) atoms. The van der Waals surface area contributed by atoms with Crippen molar-refractivity contribution < 1.29 is 13.9 Å². The van der Waals surface area contributed by atoms with Crippen LogP contribution < -0.4 is 10.1 Å². The molecule has 1 atom stereocenters. The molecule has 0 bridgehead atoms. The molecule has 1 amide bonds. The molecule has 2 aromatic rings. The molecule has 0 radical (unpaired) electrons. The average Bonchev–Trinajstić information content (AvgIpc) is 2.99. The summed E-state index contributed by atoms with van der Waals surface area (Å²) in [7, 11) is 1.65. The molecular formula is C20H23FN2O2. The number of carbonyl (C=O) groups is 1. The molecule has 0 aromatic heterocycles. The highest BCUT2D eigenvalue weighted by Crippen LogP contribution is 2.15. The highest BCUT2D eigenvalue weighted by atomic mass is 19.1. The third-order valence-electron chi connectivity index (χ3n) is 4.53. The van der Waals surface area contributed by atoms with Gasteiger partial charge in [-0.05, 0) is 41.8 Å². The summed E-state index contributed by atoms with van der Waals surface area (Å²) in [4.78, 5) is 14.1. The molecule has 1 heterocycles. The van der Waals surface area contributed by atoms with Crippen molar-refractivity contribution in [3.63, 3.8) is 0 Å². The number of hydrogen-bond donors (Lipinski definition) is 1. The Morgan fingerprint density at radius 1 is 1.20 bits per heavy atom. The van der Waals surface area contributed by atoms with E-state index < -0.39 is 0 Å². The molecule has 0 spiro atoms. The quantitative estimate of drug-likeness (QED) is 0.841. The maximum atomic E-state index is 12.9. The molecule has 0 unspecified atom stereocenters. The highest BCUT2D eigenvalue weighted by molar-refractivity contribution is 5.79. The number of amides is 1. The molecule has 1 N–H and O–H groups in total. The van der Waals surface area contributed by atoms with Gasteiger partial charge in [0.05, 0.1) is 7.11 Å². The fraction of sp³-hybridized carbons (Fsp3) is 0.350. The van der Waals surface area contributed by atoms with Crippen molar-refractivity contribution in [2.45, 2.75) is 25.4 Å². The molecule has 3 rings (SSSR count). The first-order valence-electron chi connectivity index (χ1n) is 8.52. The lowest BCUT2D eigenvalue weighted by molar-refractivity contribution is -0.127. The van der Waals surface area contributed by atoms with Gasteiger partial charge in [-0.25, -0.2) is 4.39 Å². The van der Waals surface area contributed by atoms with Gasteiger partial charge < -0.3 is 15.0 Å². The van der Waals surface area contributed by atoms with Gasteiger partial charge in [0.25, 0.3) is 0 Å². The molecule has 0 aliphatic carbocycles. The Hall–Kier alpha value is -2.40. The van der Waals surface area contributed by atoms with E-state index in [0.717, 1.165) is 23.3 Å². The van der Waals surface area contributed by atoms with Gasteiger partial charge in [0.15, 0.2) is 0 Å². The van der Waals surface area contributed by atoms with Crippen LogP contribution in [0.25, 0.3) is 0 Å². The smallest absolute Gasteiger partial charge is 0.224 e. The second-order valence-corrected chi connectivity index (χ2v) is 6.35. The Kier molecular flexibility index (Phi) is 5.66. The number of nitrogens with one attached hydrogen (secondary N) is 1. The summed E-state index contributed by atoms with van der Waals surface area (Å²) >= 11 is 0. The van der Waals surface area contributed by atoms with E-state index in [9.17, 15) is 9.18 Å². The van der Waals surface area contributed by atoms with Gasteiger partial charge in [0, 0.05) is 32.1 Å². The summed E-state index contributed by atoms with van der Waals surface area (Å²) in [5.41, 5.74) is 2.18. The van der Waals surface area contributed by atoms with Gasteiger partial charge in [-0.15, -0.1) is 0 Å². The number of rotatable bonds is 7.